The van der Waals surface area contributed by atoms with Crippen molar-refractivity contribution in [3.63, 3.8) is 0 Å². The van der Waals surface area contributed by atoms with Gasteiger partial charge in [-0.15, -0.1) is 0 Å². The molecular formula is C14H18N4O2. The molecule has 0 aromatic carbocycles. The minimum Gasteiger partial charge on any atom is -0.462 e. The summed E-state index contributed by atoms with van der Waals surface area (Å²) in [6, 6.07) is 0.406. The van der Waals surface area contributed by atoms with E-state index in [4.69, 9.17) is 4.74 Å². The summed E-state index contributed by atoms with van der Waals surface area (Å²) in [6.45, 7) is 2.15. The molecule has 0 aliphatic heterocycles. The Kier molecular flexibility index (Phi) is 3.54. The maximum absolute atomic E-state index is 12.1. The molecule has 0 radical (unpaired) electrons. The highest BCUT2D eigenvalue weighted by Crippen LogP contribution is 2.29. The third-order valence-corrected chi connectivity index (χ3v) is 3.68. The van der Waals surface area contributed by atoms with Crippen LogP contribution < -0.4 is 5.32 Å². The third kappa shape index (κ3) is 2.33. The minimum atomic E-state index is -0.344. The zero-order valence-corrected chi connectivity index (χ0v) is 11.5. The average molecular weight is 274 g/mol. The monoisotopic (exact) mass is 274 g/mol. The van der Waals surface area contributed by atoms with Gasteiger partial charge < -0.3 is 10.1 Å². The van der Waals surface area contributed by atoms with Crippen molar-refractivity contribution in [1.82, 2.24) is 15.2 Å². The quantitative estimate of drug-likeness (QED) is 0.837. The van der Waals surface area contributed by atoms with Crippen LogP contribution in [-0.2, 0) is 4.74 Å². The minimum absolute atomic E-state index is 0.344. The van der Waals surface area contributed by atoms with Crippen LogP contribution in [0.5, 0.6) is 0 Å². The maximum Gasteiger partial charge on any atom is 0.341 e. The lowest BCUT2D eigenvalue weighted by Crippen LogP contribution is -2.18. The van der Waals surface area contributed by atoms with Gasteiger partial charge in [-0.2, -0.15) is 5.10 Å². The van der Waals surface area contributed by atoms with E-state index in [-0.39, 0.29) is 5.97 Å². The lowest BCUT2D eigenvalue weighted by atomic mass is 10.1. The van der Waals surface area contributed by atoms with Crippen molar-refractivity contribution in [1.29, 1.82) is 0 Å². The first-order chi connectivity index (χ1) is 9.79. The second-order valence-electron chi connectivity index (χ2n) is 5.03. The van der Waals surface area contributed by atoms with E-state index in [1.807, 2.05) is 0 Å². The number of esters is 1. The fourth-order valence-electron chi connectivity index (χ4n) is 2.69. The van der Waals surface area contributed by atoms with Crippen LogP contribution in [-0.4, -0.2) is 33.8 Å². The SMILES string of the molecule is CCOC(=O)c1cnc2[nH]ncc2c1NC1CCCC1. The zero-order chi connectivity index (χ0) is 13.9. The van der Waals surface area contributed by atoms with E-state index in [0.29, 0.717) is 23.9 Å². The van der Waals surface area contributed by atoms with Gasteiger partial charge in [-0.25, -0.2) is 9.78 Å². The molecule has 1 aliphatic carbocycles. The maximum atomic E-state index is 12.1. The van der Waals surface area contributed by atoms with Crippen molar-refractivity contribution in [2.75, 3.05) is 11.9 Å². The van der Waals surface area contributed by atoms with Gasteiger partial charge in [-0.1, -0.05) is 12.8 Å². The highest BCUT2D eigenvalue weighted by Gasteiger charge is 2.22. The Hall–Kier alpha value is -2.11. The van der Waals surface area contributed by atoms with Gasteiger partial charge >= 0.3 is 5.97 Å². The van der Waals surface area contributed by atoms with E-state index in [1.54, 1.807) is 19.3 Å². The Morgan fingerprint density at radius 2 is 2.25 bits per heavy atom. The van der Waals surface area contributed by atoms with Crippen LogP contribution in [0.15, 0.2) is 12.4 Å². The molecule has 2 heterocycles. The number of aromatic nitrogens is 3. The summed E-state index contributed by atoms with van der Waals surface area (Å²) in [5.74, 6) is -0.344. The Bertz CT molecular complexity index is 617. The highest BCUT2D eigenvalue weighted by molar-refractivity contribution is 6.04. The molecule has 2 aromatic rings. The smallest absolute Gasteiger partial charge is 0.341 e. The number of hydrogen-bond acceptors (Lipinski definition) is 5. The van der Waals surface area contributed by atoms with Crippen molar-refractivity contribution in [2.45, 2.75) is 38.6 Å². The summed E-state index contributed by atoms with van der Waals surface area (Å²) < 4.78 is 5.11. The summed E-state index contributed by atoms with van der Waals surface area (Å²) in [4.78, 5) is 16.3. The topological polar surface area (TPSA) is 79.9 Å². The second kappa shape index (κ2) is 5.48. The van der Waals surface area contributed by atoms with Crippen LogP contribution in [0, 0.1) is 0 Å². The van der Waals surface area contributed by atoms with E-state index in [2.05, 4.69) is 20.5 Å². The largest absolute Gasteiger partial charge is 0.462 e. The van der Waals surface area contributed by atoms with Gasteiger partial charge in [0, 0.05) is 12.2 Å². The molecule has 20 heavy (non-hydrogen) atoms. The Morgan fingerprint density at radius 1 is 1.45 bits per heavy atom. The van der Waals surface area contributed by atoms with Gasteiger partial charge in [0.05, 0.1) is 23.9 Å². The first kappa shape index (κ1) is 12.9. The predicted octanol–water partition coefficient (Wildman–Crippen LogP) is 2.49. The predicted molar refractivity (Wildman–Crippen MR) is 75.7 cm³/mol. The van der Waals surface area contributed by atoms with Crippen LogP contribution in [0.2, 0.25) is 0 Å². The van der Waals surface area contributed by atoms with Crippen LogP contribution in [0.4, 0.5) is 5.69 Å². The van der Waals surface area contributed by atoms with E-state index >= 15 is 0 Å². The molecule has 2 N–H and O–H groups in total. The molecule has 0 bridgehead atoms. The number of carbonyl (C=O) groups excluding carboxylic acids is 1. The molecule has 2 aromatic heterocycles. The van der Waals surface area contributed by atoms with Crippen molar-refractivity contribution in [3.8, 4) is 0 Å². The number of anilines is 1. The molecule has 0 unspecified atom stereocenters. The normalized spacial score (nSPS) is 15.7. The fraction of sp³-hybridized carbons (Fsp3) is 0.500. The lowest BCUT2D eigenvalue weighted by molar-refractivity contribution is 0.0527. The number of pyridine rings is 1. The number of nitrogens with zero attached hydrogens (tertiary/aromatic N) is 2. The number of H-pyrrole nitrogens is 1. The number of carbonyl (C=O) groups is 1. The molecule has 106 valence electrons. The van der Waals surface area contributed by atoms with E-state index in [0.717, 1.165) is 23.9 Å². The molecule has 0 atom stereocenters. The summed E-state index contributed by atoms with van der Waals surface area (Å²) in [5.41, 5.74) is 1.94. The summed E-state index contributed by atoms with van der Waals surface area (Å²) in [5, 5.41) is 11.1. The molecule has 0 amide bonds. The van der Waals surface area contributed by atoms with Crippen LogP contribution >= 0.6 is 0 Å². The van der Waals surface area contributed by atoms with Crippen molar-refractivity contribution >= 4 is 22.7 Å². The van der Waals surface area contributed by atoms with E-state index < -0.39 is 0 Å². The first-order valence-electron chi connectivity index (χ1n) is 7.05. The summed E-state index contributed by atoms with van der Waals surface area (Å²) in [6.07, 6.45) is 7.96. The number of nitrogens with one attached hydrogen (secondary N) is 2. The first-order valence-corrected chi connectivity index (χ1v) is 7.05. The summed E-state index contributed by atoms with van der Waals surface area (Å²) in [7, 11) is 0. The molecule has 6 nitrogen and oxygen atoms in total. The molecule has 6 heteroatoms. The van der Waals surface area contributed by atoms with E-state index in [9.17, 15) is 4.79 Å². The molecular weight excluding hydrogens is 256 g/mol. The van der Waals surface area contributed by atoms with Gasteiger partial charge in [0.2, 0.25) is 0 Å². The Balaban J connectivity index is 2.01. The van der Waals surface area contributed by atoms with Gasteiger partial charge in [-0.3, -0.25) is 5.10 Å². The molecule has 3 rings (SSSR count). The molecule has 1 aliphatic rings. The number of aromatic amines is 1. The van der Waals surface area contributed by atoms with Crippen LogP contribution in [0.1, 0.15) is 43.0 Å². The fourth-order valence-corrected chi connectivity index (χ4v) is 2.69. The Morgan fingerprint density at radius 3 is 3.00 bits per heavy atom. The van der Waals surface area contributed by atoms with Gasteiger partial charge in [0.1, 0.15) is 5.56 Å². The Labute approximate surface area is 116 Å². The van der Waals surface area contributed by atoms with Crippen molar-refractivity contribution in [3.05, 3.63) is 18.0 Å². The van der Waals surface area contributed by atoms with Gasteiger partial charge in [-0.05, 0) is 19.8 Å². The van der Waals surface area contributed by atoms with Gasteiger partial charge in [0.15, 0.2) is 5.65 Å². The molecule has 0 saturated heterocycles. The number of fused-ring (bicyclic) bond motifs is 1. The molecule has 1 saturated carbocycles. The van der Waals surface area contributed by atoms with Crippen molar-refractivity contribution < 1.29 is 9.53 Å². The third-order valence-electron chi connectivity index (χ3n) is 3.68. The zero-order valence-electron chi connectivity index (χ0n) is 11.5. The molecule has 1 fully saturated rings. The lowest BCUT2D eigenvalue weighted by Gasteiger charge is -2.17. The van der Waals surface area contributed by atoms with Crippen LogP contribution in [0.3, 0.4) is 0 Å². The highest BCUT2D eigenvalue weighted by atomic mass is 16.5. The van der Waals surface area contributed by atoms with Crippen molar-refractivity contribution in [2.24, 2.45) is 0 Å². The number of ether oxygens (including phenoxy) is 1. The summed E-state index contributed by atoms with van der Waals surface area (Å²) >= 11 is 0. The number of hydrogen-bond donors (Lipinski definition) is 2. The molecule has 0 spiro atoms. The average Bonchev–Trinajstić information content (AvgIpc) is 3.09. The van der Waals surface area contributed by atoms with E-state index in [1.165, 1.54) is 12.8 Å². The number of rotatable bonds is 4. The van der Waals surface area contributed by atoms with Gasteiger partial charge in [0.25, 0.3) is 0 Å². The standard InChI is InChI=1S/C14H18N4O2/c1-2-20-14(19)11-7-15-13-10(8-16-18-13)12(11)17-9-5-3-4-6-9/h7-9H,2-6H2,1H3,(H2,15,16,17,18). The second-order valence-corrected chi connectivity index (χ2v) is 5.03. The van der Waals surface area contributed by atoms with Crippen LogP contribution in [0.25, 0.3) is 11.0 Å².